The topological polar surface area (TPSA) is 229 Å². The fourth-order valence-corrected chi connectivity index (χ4v) is 4.16. The number of rotatable bonds is 6. The van der Waals surface area contributed by atoms with Gasteiger partial charge in [-0.3, -0.25) is 0 Å². The van der Waals surface area contributed by atoms with Crippen LogP contribution in [0.2, 0.25) is 0 Å². The zero-order chi connectivity index (χ0) is 26.4. The Morgan fingerprint density at radius 2 is 1.50 bits per heavy atom. The molecule has 2 fully saturated rings. The van der Waals surface area contributed by atoms with Crippen molar-refractivity contribution in [2.45, 2.75) is 67.8 Å². The quantitative estimate of drug-likeness (QED) is 0.175. The lowest BCUT2D eigenvalue weighted by Crippen LogP contribution is -2.66. The van der Waals surface area contributed by atoms with Crippen molar-refractivity contribution in [3.63, 3.8) is 0 Å². The van der Waals surface area contributed by atoms with Crippen LogP contribution in [0.3, 0.4) is 0 Å². The normalized spacial score (nSPS) is 39.2. The van der Waals surface area contributed by atoms with Crippen LogP contribution in [0.15, 0.2) is 33.5 Å². The molecule has 0 spiro atoms. The number of fused-ring (bicyclic) bond motifs is 1. The maximum Gasteiger partial charge on any atom is 0.336 e. The summed E-state index contributed by atoms with van der Waals surface area (Å²) in [5, 5.41) is 80.7. The van der Waals surface area contributed by atoms with Crippen molar-refractivity contribution >= 4 is 11.0 Å². The van der Waals surface area contributed by atoms with Gasteiger partial charge in [0, 0.05) is 18.4 Å². The van der Waals surface area contributed by atoms with Crippen LogP contribution in [0.1, 0.15) is 6.92 Å². The minimum absolute atomic E-state index is 0.192. The van der Waals surface area contributed by atoms with Crippen molar-refractivity contribution in [1.29, 1.82) is 0 Å². The fourth-order valence-electron chi connectivity index (χ4n) is 4.16. The van der Waals surface area contributed by atoms with E-state index in [1.54, 1.807) is 0 Å². The number of aliphatic hydroxyl groups is 8. The van der Waals surface area contributed by atoms with Gasteiger partial charge in [-0.25, -0.2) is 4.79 Å². The SMILES string of the molecule is C[C@@]1(Oc2c(O[C@@H]3O[C@H](CO)[C@@H](O)[C@H](O)[C@H]3O)ccc3ccc(=O)oc23)O[C@H](CO)[C@@H](O)[C@H](O)[C@H]1O. The maximum absolute atomic E-state index is 12.0. The maximum atomic E-state index is 12.0. The van der Waals surface area contributed by atoms with Crippen molar-refractivity contribution in [3.8, 4) is 11.5 Å². The summed E-state index contributed by atoms with van der Waals surface area (Å²) in [5.74, 6) is -2.73. The van der Waals surface area contributed by atoms with E-state index in [0.29, 0.717) is 5.39 Å². The summed E-state index contributed by atoms with van der Waals surface area (Å²) in [6.45, 7) is -0.239. The molecular formula is C22H28O14. The van der Waals surface area contributed by atoms with Crippen LogP contribution in [0, 0.1) is 0 Å². The fraction of sp³-hybridized carbons (Fsp3) is 0.591. The average Bonchev–Trinajstić information content (AvgIpc) is 2.86. The van der Waals surface area contributed by atoms with Crippen molar-refractivity contribution in [1.82, 2.24) is 0 Å². The second kappa shape index (κ2) is 10.2. The smallest absolute Gasteiger partial charge is 0.336 e. The highest BCUT2D eigenvalue weighted by molar-refractivity contribution is 5.85. The molecule has 4 rings (SSSR count). The Morgan fingerprint density at radius 1 is 0.861 bits per heavy atom. The molecule has 3 heterocycles. The second-order valence-electron chi connectivity index (χ2n) is 8.76. The molecule has 0 radical (unpaired) electrons. The van der Waals surface area contributed by atoms with Gasteiger partial charge in [0.05, 0.1) is 13.2 Å². The molecule has 0 bridgehead atoms. The molecule has 1 aromatic heterocycles. The average molecular weight is 516 g/mol. The van der Waals surface area contributed by atoms with E-state index in [2.05, 4.69) is 0 Å². The molecule has 36 heavy (non-hydrogen) atoms. The standard InChI is InChI=1S/C22H28O14/c1-22(20(31)16(29)14(27)11(7-24)35-22)36-19-9(4-2-8-3-5-12(25)34-18(8)19)32-21-17(30)15(28)13(26)10(6-23)33-21/h2-5,10-11,13-17,20-21,23-24,26-31H,6-7H2,1H3/t10-,11-,13-,14-,15+,16+,17-,20-,21-,22+/m1/s1. The molecule has 0 aliphatic carbocycles. The van der Waals surface area contributed by atoms with Crippen LogP contribution in [-0.4, -0.2) is 115 Å². The lowest BCUT2D eigenvalue weighted by molar-refractivity contribution is -0.330. The first-order chi connectivity index (χ1) is 17.0. The van der Waals surface area contributed by atoms with E-state index in [1.807, 2.05) is 0 Å². The molecule has 0 amide bonds. The van der Waals surface area contributed by atoms with Crippen molar-refractivity contribution in [3.05, 3.63) is 34.7 Å². The predicted octanol–water partition coefficient (Wildman–Crippen LogP) is -3.46. The van der Waals surface area contributed by atoms with Crippen LogP contribution in [0.5, 0.6) is 11.5 Å². The minimum atomic E-state index is -2.12. The van der Waals surface area contributed by atoms with Gasteiger partial charge >= 0.3 is 5.63 Å². The Kier molecular flexibility index (Phi) is 7.55. The van der Waals surface area contributed by atoms with E-state index in [9.17, 15) is 45.6 Å². The zero-order valence-electron chi connectivity index (χ0n) is 18.9. The van der Waals surface area contributed by atoms with Gasteiger partial charge in [-0.2, -0.15) is 0 Å². The second-order valence-corrected chi connectivity index (χ2v) is 8.76. The van der Waals surface area contributed by atoms with E-state index >= 15 is 0 Å². The Hall–Kier alpha value is -2.37. The molecule has 2 aromatic rings. The van der Waals surface area contributed by atoms with Gasteiger partial charge in [-0.15, -0.1) is 0 Å². The summed E-state index contributed by atoms with van der Waals surface area (Å²) in [6.07, 6.45) is -14.7. The first-order valence-electron chi connectivity index (χ1n) is 11.1. The lowest BCUT2D eigenvalue weighted by atomic mass is 9.93. The van der Waals surface area contributed by atoms with Crippen LogP contribution in [0.25, 0.3) is 11.0 Å². The van der Waals surface area contributed by atoms with Gasteiger partial charge in [0.2, 0.25) is 17.8 Å². The molecule has 0 unspecified atom stereocenters. The summed E-state index contributed by atoms with van der Waals surface area (Å²) in [7, 11) is 0. The number of ether oxygens (including phenoxy) is 4. The highest BCUT2D eigenvalue weighted by Crippen LogP contribution is 2.42. The number of benzene rings is 1. The minimum Gasteiger partial charge on any atom is -0.458 e. The number of hydrogen-bond donors (Lipinski definition) is 8. The van der Waals surface area contributed by atoms with Crippen LogP contribution in [-0.2, 0) is 9.47 Å². The molecule has 1 aromatic carbocycles. The monoisotopic (exact) mass is 516 g/mol. The predicted molar refractivity (Wildman–Crippen MR) is 116 cm³/mol. The Labute approximate surface area is 203 Å². The van der Waals surface area contributed by atoms with Gasteiger partial charge in [0.25, 0.3) is 0 Å². The molecule has 200 valence electrons. The summed E-state index contributed by atoms with van der Waals surface area (Å²) in [5.41, 5.74) is -0.973. The van der Waals surface area contributed by atoms with Crippen molar-refractivity contribution in [2.75, 3.05) is 13.2 Å². The first kappa shape index (κ1) is 26.7. The number of aliphatic hydroxyl groups excluding tert-OH is 8. The summed E-state index contributed by atoms with van der Waals surface area (Å²) >= 11 is 0. The number of hydrogen-bond acceptors (Lipinski definition) is 14. The Morgan fingerprint density at radius 3 is 2.17 bits per heavy atom. The molecule has 14 nitrogen and oxygen atoms in total. The van der Waals surface area contributed by atoms with Crippen molar-refractivity contribution < 1.29 is 64.2 Å². The summed E-state index contributed by atoms with van der Waals surface area (Å²) < 4.78 is 27.7. The molecule has 8 N–H and O–H groups in total. The third-order valence-electron chi connectivity index (χ3n) is 6.26. The van der Waals surface area contributed by atoms with Gasteiger partial charge in [0.15, 0.2) is 11.3 Å². The van der Waals surface area contributed by atoms with E-state index in [4.69, 9.17) is 23.4 Å². The molecule has 2 aliphatic rings. The Balaban J connectivity index is 1.76. The van der Waals surface area contributed by atoms with Crippen LogP contribution >= 0.6 is 0 Å². The van der Waals surface area contributed by atoms with Crippen LogP contribution < -0.4 is 15.1 Å². The van der Waals surface area contributed by atoms with E-state index < -0.39 is 79.7 Å². The lowest BCUT2D eigenvalue weighted by Gasteiger charge is -2.46. The summed E-state index contributed by atoms with van der Waals surface area (Å²) in [6, 6.07) is 5.33. The Bertz CT molecular complexity index is 1120. The molecule has 10 atom stereocenters. The van der Waals surface area contributed by atoms with Gasteiger partial charge < -0.3 is 64.2 Å². The third kappa shape index (κ3) is 4.68. The summed E-state index contributed by atoms with van der Waals surface area (Å²) in [4.78, 5) is 12.0. The highest BCUT2D eigenvalue weighted by Gasteiger charge is 2.53. The molecule has 2 aliphatic heterocycles. The van der Waals surface area contributed by atoms with E-state index in [-0.39, 0.29) is 17.1 Å². The third-order valence-corrected chi connectivity index (χ3v) is 6.26. The highest BCUT2D eigenvalue weighted by atomic mass is 16.7. The molecule has 14 heteroatoms. The zero-order valence-corrected chi connectivity index (χ0v) is 18.9. The largest absolute Gasteiger partial charge is 0.458 e. The van der Waals surface area contributed by atoms with E-state index in [0.717, 1.165) is 6.07 Å². The molecular weight excluding hydrogens is 488 g/mol. The van der Waals surface area contributed by atoms with Crippen molar-refractivity contribution in [2.24, 2.45) is 0 Å². The van der Waals surface area contributed by atoms with Gasteiger partial charge in [-0.1, -0.05) is 0 Å². The van der Waals surface area contributed by atoms with Crippen LogP contribution in [0.4, 0.5) is 0 Å². The van der Waals surface area contributed by atoms with Gasteiger partial charge in [0.1, 0.15) is 48.8 Å². The van der Waals surface area contributed by atoms with Gasteiger partial charge in [-0.05, 0) is 18.2 Å². The molecule has 0 saturated carbocycles. The first-order valence-corrected chi connectivity index (χ1v) is 11.1. The van der Waals surface area contributed by atoms with E-state index in [1.165, 1.54) is 25.1 Å². The molecule has 2 saturated heterocycles.